The van der Waals surface area contributed by atoms with E-state index in [1.165, 1.54) is 14.2 Å². The molecule has 2 aromatic heterocycles. The van der Waals surface area contributed by atoms with Gasteiger partial charge >= 0.3 is 0 Å². The Morgan fingerprint density at radius 2 is 2.05 bits per heavy atom. The first-order valence-corrected chi connectivity index (χ1v) is 8.66. The highest BCUT2D eigenvalue weighted by Gasteiger charge is 2.18. The lowest BCUT2D eigenvalue weighted by Gasteiger charge is -2.15. The Kier molecular flexibility index (Phi) is 4.71. The van der Waals surface area contributed by atoms with E-state index < -0.39 is 0 Å². The van der Waals surface area contributed by atoms with E-state index in [-0.39, 0.29) is 6.04 Å². The molecule has 2 N–H and O–H groups in total. The lowest BCUT2D eigenvalue weighted by atomic mass is 10.1. The smallest absolute Gasteiger partial charge is 0.172 e. The minimum atomic E-state index is -0.0210. The Morgan fingerprint density at radius 3 is 2.64 bits per heavy atom. The number of nitrogens with one attached hydrogen (secondary N) is 2. The predicted molar refractivity (Wildman–Crippen MR) is 93.0 cm³/mol. The zero-order valence-electron chi connectivity index (χ0n) is 12.4. The number of nitrogens with zero attached hydrogens (tertiary/aromatic N) is 2. The molecule has 2 heterocycles. The number of benzene rings is 1. The fraction of sp³-hybridized carbons (Fsp3) is 0.250. The van der Waals surface area contributed by atoms with Crippen molar-refractivity contribution in [2.24, 2.45) is 0 Å². The average Bonchev–Trinajstić information content (AvgIpc) is 3.07. The molecule has 0 amide bonds. The molecule has 0 fully saturated rings. The SMILES string of the molecule is Cc1nc([C@@H](NCc2cc(C)c(Br)s2)c2ccccc2)n[nH]1. The van der Waals surface area contributed by atoms with Crippen LogP contribution in [0.25, 0.3) is 0 Å². The van der Waals surface area contributed by atoms with Crippen LogP contribution in [-0.2, 0) is 6.54 Å². The molecule has 0 aliphatic heterocycles. The molecule has 0 bridgehead atoms. The van der Waals surface area contributed by atoms with Crippen molar-refractivity contribution in [2.75, 3.05) is 0 Å². The molecular weight excluding hydrogens is 360 g/mol. The molecule has 6 heteroatoms. The van der Waals surface area contributed by atoms with Crippen LogP contribution in [0.5, 0.6) is 0 Å². The molecule has 22 heavy (non-hydrogen) atoms. The fourth-order valence-corrected chi connectivity index (χ4v) is 3.89. The highest BCUT2D eigenvalue weighted by Crippen LogP contribution is 2.28. The second kappa shape index (κ2) is 6.73. The lowest BCUT2D eigenvalue weighted by Crippen LogP contribution is -2.22. The molecule has 1 atom stereocenters. The van der Waals surface area contributed by atoms with Gasteiger partial charge in [-0.2, -0.15) is 5.10 Å². The number of thiophene rings is 1. The monoisotopic (exact) mass is 376 g/mol. The summed E-state index contributed by atoms with van der Waals surface area (Å²) in [5.74, 6) is 1.60. The first-order valence-electron chi connectivity index (χ1n) is 7.05. The number of aryl methyl sites for hydroxylation is 2. The number of H-pyrrole nitrogens is 1. The maximum atomic E-state index is 4.49. The topological polar surface area (TPSA) is 53.6 Å². The van der Waals surface area contributed by atoms with E-state index >= 15 is 0 Å². The average molecular weight is 377 g/mol. The number of halogens is 1. The molecule has 3 rings (SSSR count). The minimum absolute atomic E-state index is 0.0210. The van der Waals surface area contributed by atoms with E-state index in [1.54, 1.807) is 11.3 Å². The molecular formula is C16H17BrN4S. The van der Waals surface area contributed by atoms with Gasteiger partial charge in [0.05, 0.1) is 9.83 Å². The van der Waals surface area contributed by atoms with Crippen LogP contribution in [-0.4, -0.2) is 15.2 Å². The first kappa shape index (κ1) is 15.4. The number of aromatic nitrogens is 3. The van der Waals surface area contributed by atoms with Crippen molar-refractivity contribution < 1.29 is 0 Å². The van der Waals surface area contributed by atoms with E-state index in [2.05, 4.69) is 61.6 Å². The summed E-state index contributed by atoms with van der Waals surface area (Å²) in [6.45, 7) is 4.81. The minimum Gasteiger partial charge on any atom is -0.299 e. The quantitative estimate of drug-likeness (QED) is 0.703. The first-order chi connectivity index (χ1) is 10.6. The highest BCUT2D eigenvalue weighted by molar-refractivity contribution is 9.11. The van der Waals surface area contributed by atoms with E-state index in [1.807, 2.05) is 25.1 Å². The molecule has 0 radical (unpaired) electrons. The number of hydrogen-bond acceptors (Lipinski definition) is 4. The summed E-state index contributed by atoms with van der Waals surface area (Å²) in [6, 6.07) is 12.5. The van der Waals surface area contributed by atoms with Gasteiger partial charge in [0, 0.05) is 11.4 Å². The summed E-state index contributed by atoms with van der Waals surface area (Å²) in [5.41, 5.74) is 2.43. The molecule has 0 saturated heterocycles. The van der Waals surface area contributed by atoms with Crippen molar-refractivity contribution in [3.63, 3.8) is 0 Å². The Morgan fingerprint density at radius 1 is 1.27 bits per heavy atom. The van der Waals surface area contributed by atoms with Gasteiger partial charge in [0.25, 0.3) is 0 Å². The molecule has 1 aromatic carbocycles. The molecule has 114 valence electrons. The Hall–Kier alpha value is -1.50. The van der Waals surface area contributed by atoms with Gasteiger partial charge in [-0.15, -0.1) is 11.3 Å². The van der Waals surface area contributed by atoms with Crippen molar-refractivity contribution in [2.45, 2.75) is 26.4 Å². The van der Waals surface area contributed by atoms with Crippen LogP contribution in [0.1, 0.15) is 33.7 Å². The van der Waals surface area contributed by atoms with E-state index in [4.69, 9.17) is 0 Å². The second-order valence-corrected chi connectivity index (χ2v) is 7.63. The van der Waals surface area contributed by atoms with Gasteiger partial charge in [0.1, 0.15) is 5.82 Å². The third-order valence-corrected chi connectivity index (χ3v) is 5.53. The number of aromatic amines is 1. The predicted octanol–water partition coefficient (Wildman–Crippen LogP) is 4.12. The maximum absolute atomic E-state index is 4.49. The molecule has 4 nitrogen and oxygen atoms in total. The normalized spacial score (nSPS) is 12.5. The molecule has 0 spiro atoms. The van der Waals surface area contributed by atoms with Crippen molar-refractivity contribution in [3.8, 4) is 0 Å². The molecule has 0 aliphatic rings. The summed E-state index contributed by atoms with van der Waals surface area (Å²) in [6.07, 6.45) is 0. The van der Waals surface area contributed by atoms with Crippen molar-refractivity contribution >= 4 is 27.3 Å². The molecule has 0 aliphatic carbocycles. The van der Waals surface area contributed by atoms with Gasteiger partial charge in [-0.1, -0.05) is 30.3 Å². The molecule has 3 aromatic rings. The van der Waals surface area contributed by atoms with Gasteiger partial charge in [0.15, 0.2) is 5.82 Å². The maximum Gasteiger partial charge on any atom is 0.172 e. The summed E-state index contributed by atoms with van der Waals surface area (Å²) < 4.78 is 1.19. The van der Waals surface area contributed by atoms with Gasteiger partial charge in [-0.3, -0.25) is 10.4 Å². The number of rotatable bonds is 5. The number of hydrogen-bond donors (Lipinski definition) is 2. The van der Waals surface area contributed by atoms with Crippen LogP contribution >= 0.6 is 27.3 Å². The standard InChI is InChI=1S/C16H17BrN4S/c1-10-8-13(22-15(10)17)9-18-14(12-6-4-3-5-7-12)16-19-11(2)20-21-16/h3-8,14,18H,9H2,1-2H3,(H,19,20,21)/t14-/m0/s1. The van der Waals surface area contributed by atoms with Gasteiger partial charge in [-0.05, 0) is 47.0 Å². The van der Waals surface area contributed by atoms with Crippen LogP contribution in [0.15, 0.2) is 40.2 Å². The van der Waals surface area contributed by atoms with E-state index in [0.29, 0.717) is 0 Å². The molecule has 0 unspecified atom stereocenters. The van der Waals surface area contributed by atoms with Crippen molar-refractivity contribution in [1.29, 1.82) is 0 Å². The lowest BCUT2D eigenvalue weighted by molar-refractivity contribution is 0.581. The zero-order valence-corrected chi connectivity index (χ0v) is 14.8. The van der Waals surface area contributed by atoms with Gasteiger partial charge in [0.2, 0.25) is 0 Å². The second-order valence-electron chi connectivity index (χ2n) is 5.17. The summed E-state index contributed by atoms with van der Waals surface area (Å²) in [5, 5.41) is 10.8. The Labute approximate surface area is 142 Å². The third kappa shape index (κ3) is 3.45. The van der Waals surface area contributed by atoms with Crippen molar-refractivity contribution in [1.82, 2.24) is 20.5 Å². The third-order valence-electron chi connectivity index (χ3n) is 3.39. The summed E-state index contributed by atoms with van der Waals surface area (Å²) >= 11 is 5.33. The zero-order chi connectivity index (χ0) is 15.5. The summed E-state index contributed by atoms with van der Waals surface area (Å²) in [7, 11) is 0. The Bertz CT molecular complexity index is 731. The van der Waals surface area contributed by atoms with Crippen LogP contribution < -0.4 is 5.32 Å². The van der Waals surface area contributed by atoms with Crippen LogP contribution in [0.3, 0.4) is 0 Å². The largest absolute Gasteiger partial charge is 0.299 e. The highest BCUT2D eigenvalue weighted by atomic mass is 79.9. The van der Waals surface area contributed by atoms with Crippen LogP contribution in [0.2, 0.25) is 0 Å². The summed E-state index contributed by atoms with van der Waals surface area (Å²) in [4.78, 5) is 5.78. The van der Waals surface area contributed by atoms with Crippen LogP contribution in [0.4, 0.5) is 0 Å². The van der Waals surface area contributed by atoms with Gasteiger partial charge < -0.3 is 0 Å². The van der Waals surface area contributed by atoms with Gasteiger partial charge in [-0.25, -0.2) is 4.98 Å². The van der Waals surface area contributed by atoms with Crippen molar-refractivity contribution in [3.05, 3.63) is 67.8 Å². The molecule has 0 saturated carbocycles. The Balaban J connectivity index is 1.83. The van der Waals surface area contributed by atoms with E-state index in [9.17, 15) is 0 Å². The van der Waals surface area contributed by atoms with Crippen LogP contribution in [0, 0.1) is 13.8 Å². The fourth-order valence-electron chi connectivity index (χ4n) is 2.31. The van der Waals surface area contributed by atoms with E-state index in [0.717, 1.165) is 23.8 Å².